The van der Waals surface area contributed by atoms with Gasteiger partial charge in [0.25, 0.3) is 0 Å². The van der Waals surface area contributed by atoms with E-state index < -0.39 is 24.2 Å². The molecular formula is C16H15F3N2O5. The number of hydrogen-bond donors (Lipinski definition) is 2. The van der Waals surface area contributed by atoms with E-state index in [1.807, 2.05) is 0 Å². The number of aromatic nitrogens is 1. The topological polar surface area (TPSA) is 89.7 Å². The van der Waals surface area contributed by atoms with E-state index in [1.165, 1.54) is 14.2 Å². The summed E-state index contributed by atoms with van der Waals surface area (Å²) in [5.41, 5.74) is 1.71. The highest BCUT2D eigenvalue weighted by Gasteiger charge is 2.44. The predicted octanol–water partition coefficient (Wildman–Crippen LogP) is 2.00. The van der Waals surface area contributed by atoms with E-state index in [0.717, 1.165) is 10.9 Å². The molecule has 26 heavy (non-hydrogen) atoms. The van der Waals surface area contributed by atoms with Gasteiger partial charge in [-0.15, -0.1) is 0 Å². The summed E-state index contributed by atoms with van der Waals surface area (Å²) in [7, 11) is 2.95. The minimum absolute atomic E-state index is 0.328. The van der Waals surface area contributed by atoms with Crippen LogP contribution in [0.1, 0.15) is 17.3 Å². The summed E-state index contributed by atoms with van der Waals surface area (Å²) in [6.45, 7) is 0.328. The Bertz CT molecular complexity index is 875. The van der Waals surface area contributed by atoms with Crippen LogP contribution in [-0.4, -0.2) is 43.9 Å². The van der Waals surface area contributed by atoms with Gasteiger partial charge in [-0.2, -0.15) is 13.2 Å². The summed E-state index contributed by atoms with van der Waals surface area (Å²) < 4.78 is 51.4. The minimum atomic E-state index is -5.24. The van der Waals surface area contributed by atoms with Crippen LogP contribution >= 0.6 is 0 Å². The first-order chi connectivity index (χ1) is 12.3. The molecule has 0 saturated carbocycles. The molecule has 0 amide bonds. The third-order valence-corrected chi connectivity index (χ3v) is 4.12. The zero-order valence-corrected chi connectivity index (χ0v) is 13.8. The molecule has 1 aromatic carbocycles. The summed E-state index contributed by atoms with van der Waals surface area (Å²) in [6, 6.07) is 2.17. The van der Waals surface area contributed by atoms with Crippen molar-refractivity contribution in [2.75, 3.05) is 20.8 Å². The molecule has 2 heterocycles. The van der Waals surface area contributed by atoms with Gasteiger partial charge in [0, 0.05) is 29.2 Å². The Hall–Kier alpha value is -2.75. The molecular weight excluding hydrogens is 357 g/mol. The first-order valence-corrected chi connectivity index (χ1v) is 7.59. The van der Waals surface area contributed by atoms with Crippen molar-refractivity contribution in [3.05, 3.63) is 23.4 Å². The van der Waals surface area contributed by atoms with Crippen molar-refractivity contribution in [3.63, 3.8) is 0 Å². The predicted molar refractivity (Wildman–Crippen MR) is 83.0 cm³/mol. The second-order valence-corrected chi connectivity index (χ2v) is 5.61. The highest BCUT2D eigenvalue weighted by Crippen LogP contribution is 2.37. The number of carbonyl (C=O) groups is 2. The van der Waals surface area contributed by atoms with Gasteiger partial charge < -0.3 is 19.2 Å². The Labute approximate surface area is 145 Å². The Kier molecular flexibility index (Phi) is 4.53. The number of aromatic amines is 1. The Morgan fingerprint density at radius 1 is 1.15 bits per heavy atom. The first kappa shape index (κ1) is 18.1. The van der Waals surface area contributed by atoms with Crippen LogP contribution in [0.25, 0.3) is 10.9 Å². The number of methoxy groups -OCH3 is 2. The second-order valence-electron chi connectivity index (χ2n) is 5.61. The fourth-order valence-electron chi connectivity index (χ4n) is 2.97. The number of nitrogens with one attached hydrogen (secondary N) is 2. The fraction of sp³-hybridized carbons (Fsp3) is 0.375. The maximum Gasteiger partial charge on any atom is 0.491 e. The number of carbonyl (C=O) groups excluding carboxylic acids is 2. The summed E-state index contributed by atoms with van der Waals surface area (Å²) >= 11 is 0. The van der Waals surface area contributed by atoms with E-state index >= 15 is 0 Å². The van der Waals surface area contributed by atoms with Crippen LogP contribution in [0.5, 0.6) is 11.5 Å². The van der Waals surface area contributed by atoms with Gasteiger partial charge in [0.1, 0.15) is 6.04 Å². The van der Waals surface area contributed by atoms with Crippen LogP contribution in [0, 0.1) is 0 Å². The molecule has 7 nitrogen and oxygen atoms in total. The van der Waals surface area contributed by atoms with Gasteiger partial charge >= 0.3 is 18.1 Å². The highest BCUT2D eigenvalue weighted by atomic mass is 19.4. The van der Waals surface area contributed by atoms with Gasteiger partial charge in [0.05, 0.1) is 14.2 Å². The molecule has 1 aliphatic heterocycles. The summed E-state index contributed by atoms with van der Waals surface area (Å²) in [6.07, 6.45) is -4.71. The summed E-state index contributed by atoms with van der Waals surface area (Å²) in [5.74, 6) is -2.93. The van der Waals surface area contributed by atoms with Crippen molar-refractivity contribution in [2.45, 2.75) is 18.6 Å². The smallest absolute Gasteiger partial charge is 0.491 e. The molecule has 2 N–H and O–H groups in total. The lowest BCUT2D eigenvalue weighted by molar-refractivity contribution is -0.202. The van der Waals surface area contributed by atoms with E-state index in [1.54, 1.807) is 12.1 Å². The van der Waals surface area contributed by atoms with Gasteiger partial charge in [0.2, 0.25) is 0 Å². The molecule has 0 bridgehead atoms. The SMILES string of the molecule is COc1cc2[nH]c3c(c2cc1OC)CCNC3C(=O)OC(=O)C(F)(F)F. The third kappa shape index (κ3) is 3.07. The lowest BCUT2D eigenvalue weighted by Crippen LogP contribution is -2.39. The van der Waals surface area contributed by atoms with Crippen LogP contribution < -0.4 is 14.8 Å². The number of halogens is 3. The zero-order chi connectivity index (χ0) is 19.1. The quantitative estimate of drug-likeness (QED) is 0.633. The largest absolute Gasteiger partial charge is 0.493 e. The summed E-state index contributed by atoms with van der Waals surface area (Å²) in [4.78, 5) is 26.0. The summed E-state index contributed by atoms with van der Waals surface area (Å²) in [5, 5.41) is 3.51. The zero-order valence-electron chi connectivity index (χ0n) is 13.8. The Morgan fingerprint density at radius 2 is 1.81 bits per heavy atom. The Morgan fingerprint density at radius 3 is 2.42 bits per heavy atom. The van der Waals surface area contributed by atoms with Gasteiger partial charge in [-0.1, -0.05) is 0 Å². The molecule has 0 spiro atoms. The van der Waals surface area contributed by atoms with Crippen LogP contribution in [0.4, 0.5) is 13.2 Å². The first-order valence-electron chi connectivity index (χ1n) is 7.59. The minimum Gasteiger partial charge on any atom is -0.493 e. The van der Waals surface area contributed by atoms with Crippen molar-refractivity contribution in [3.8, 4) is 11.5 Å². The molecule has 140 valence electrons. The number of ether oxygens (including phenoxy) is 3. The van der Waals surface area contributed by atoms with E-state index in [2.05, 4.69) is 15.0 Å². The average molecular weight is 372 g/mol. The molecule has 10 heteroatoms. The van der Waals surface area contributed by atoms with Crippen LogP contribution in [-0.2, 0) is 20.7 Å². The molecule has 1 aromatic heterocycles. The van der Waals surface area contributed by atoms with E-state index in [-0.39, 0.29) is 0 Å². The highest BCUT2D eigenvalue weighted by molar-refractivity contribution is 5.94. The molecule has 0 saturated heterocycles. The third-order valence-electron chi connectivity index (χ3n) is 4.12. The van der Waals surface area contributed by atoms with Gasteiger partial charge in [-0.3, -0.25) is 5.32 Å². The van der Waals surface area contributed by atoms with Crippen molar-refractivity contribution in [1.82, 2.24) is 10.3 Å². The lowest BCUT2D eigenvalue weighted by Gasteiger charge is -2.22. The molecule has 1 aliphatic rings. The molecule has 2 aromatic rings. The van der Waals surface area contributed by atoms with Gasteiger partial charge in [0.15, 0.2) is 11.5 Å². The maximum atomic E-state index is 12.3. The number of hydrogen-bond acceptors (Lipinski definition) is 6. The number of H-pyrrole nitrogens is 1. The van der Waals surface area contributed by atoms with E-state index in [9.17, 15) is 22.8 Å². The van der Waals surface area contributed by atoms with Gasteiger partial charge in [-0.05, 0) is 18.1 Å². The standard InChI is InChI=1S/C16H15F3N2O5/c1-24-10-5-8-7-3-4-20-13(14(22)26-15(23)16(17,18)19)12(7)21-9(8)6-11(10)25-2/h5-6,13,20-21H,3-4H2,1-2H3. The molecule has 3 rings (SSSR count). The van der Waals surface area contributed by atoms with Crippen molar-refractivity contribution in [1.29, 1.82) is 0 Å². The number of esters is 2. The number of alkyl halides is 3. The van der Waals surface area contributed by atoms with E-state index in [0.29, 0.717) is 35.7 Å². The van der Waals surface area contributed by atoms with Crippen LogP contribution in [0.2, 0.25) is 0 Å². The molecule has 0 fully saturated rings. The molecule has 1 atom stereocenters. The molecule has 0 radical (unpaired) electrons. The van der Waals surface area contributed by atoms with Crippen molar-refractivity contribution < 1.29 is 37.0 Å². The molecule has 0 aliphatic carbocycles. The van der Waals surface area contributed by atoms with Crippen molar-refractivity contribution in [2.24, 2.45) is 0 Å². The fourth-order valence-corrected chi connectivity index (χ4v) is 2.97. The number of benzene rings is 1. The van der Waals surface area contributed by atoms with E-state index in [4.69, 9.17) is 9.47 Å². The normalized spacial score (nSPS) is 16.9. The van der Waals surface area contributed by atoms with Crippen molar-refractivity contribution >= 4 is 22.8 Å². The number of fused-ring (bicyclic) bond motifs is 3. The van der Waals surface area contributed by atoms with Gasteiger partial charge in [-0.25, -0.2) is 9.59 Å². The molecule has 1 unspecified atom stereocenters. The lowest BCUT2D eigenvalue weighted by atomic mass is 9.99. The maximum absolute atomic E-state index is 12.3. The van der Waals surface area contributed by atoms with Crippen LogP contribution in [0.15, 0.2) is 12.1 Å². The van der Waals surface area contributed by atoms with Crippen LogP contribution in [0.3, 0.4) is 0 Å². The Balaban J connectivity index is 1.99. The second kappa shape index (κ2) is 6.52. The monoisotopic (exact) mass is 372 g/mol. The average Bonchev–Trinajstić information content (AvgIpc) is 2.96. The number of rotatable bonds is 3.